The number of carbonyl (C=O) groups excluding carboxylic acids is 1. The lowest BCUT2D eigenvalue weighted by Gasteiger charge is -2.31. The van der Waals surface area contributed by atoms with Crippen LogP contribution in [0.4, 0.5) is 5.69 Å². The molecular weight excluding hydrogens is 226 g/mol. The summed E-state index contributed by atoms with van der Waals surface area (Å²) in [5.41, 5.74) is 1.51. The minimum absolute atomic E-state index is 0.170. The molecule has 1 rings (SSSR count). The first kappa shape index (κ1) is 14.6. The first-order valence-electron chi connectivity index (χ1n) is 6.60. The van der Waals surface area contributed by atoms with Gasteiger partial charge in [0.15, 0.2) is 0 Å². The summed E-state index contributed by atoms with van der Waals surface area (Å²) in [6.07, 6.45) is 1.41. The van der Waals surface area contributed by atoms with E-state index in [2.05, 4.69) is 5.32 Å². The Labute approximate surface area is 110 Å². The van der Waals surface area contributed by atoms with E-state index in [1.165, 1.54) is 5.56 Å². The molecule has 0 aliphatic rings. The minimum atomic E-state index is -0.621. The summed E-state index contributed by atoms with van der Waals surface area (Å²) in [4.78, 5) is 12.1. The highest BCUT2D eigenvalue weighted by Crippen LogP contribution is 2.24. The van der Waals surface area contributed by atoms with Gasteiger partial charge < -0.3 is 10.1 Å². The Kier molecular flexibility index (Phi) is 5.20. The number of hydrogen-bond acceptors (Lipinski definition) is 3. The molecule has 0 fully saturated rings. The number of aryl methyl sites for hydroxylation is 1. The molecule has 100 valence electrons. The van der Waals surface area contributed by atoms with E-state index in [1.807, 2.05) is 52.0 Å². The van der Waals surface area contributed by atoms with Crippen LogP contribution in [0, 0.1) is 6.92 Å². The molecule has 0 heterocycles. The smallest absolute Gasteiger partial charge is 0.331 e. The van der Waals surface area contributed by atoms with Gasteiger partial charge in [0.2, 0.25) is 0 Å². The molecule has 1 aromatic rings. The van der Waals surface area contributed by atoms with Crippen molar-refractivity contribution in [1.82, 2.24) is 0 Å². The Morgan fingerprint density at radius 1 is 1.28 bits per heavy atom. The highest BCUT2D eigenvalue weighted by molar-refractivity contribution is 5.84. The summed E-state index contributed by atoms with van der Waals surface area (Å²) in [6, 6.07) is 8.04. The Morgan fingerprint density at radius 2 is 1.94 bits per heavy atom. The number of anilines is 1. The lowest BCUT2D eigenvalue weighted by molar-refractivity contribution is -0.148. The van der Waals surface area contributed by atoms with E-state index >= 15 is 0 Å². The van der Waals surface area contributed by atoms with Crippen molar-refractivity contribution in [2.45, 2.75) is 46.1 Å². The van der Waals surface area contributed by atoms with Gasteiger partial charge in [0.05, 0.1) is 6.61 Å². The third-order valence-corrected chi connectivity index (χ3v) is 3.27. The van der Waals surface area contributed by atoms with E-state index < -0.39 is 5.54 Å². The standard InChI is InChI=1S/C15H23NO2/c1-5-15(6-2,14(17)18-7-3)16-13-10-8-9-12(4)11-13/h8-11,16H,5-7H2,1-4H3. The van der Waals surface area contributed by atoms with Crippen molar-refractivity contribution in [3.05, 3.63) is 29.8 Å². The van der Waals surface area contributed by atoms with E-state index in [0.29, 0.717) is 19.4 Å². The number of nitrogens with one attached hydrogen (secondary N) is 1. The van der Waals surface area contributed by atoms with Crippen LogP contribution in [0.15, 0.2) is 24.3 Å². The normalized spacial score (nSPS) is 11.1. The Hall–Kier alpha value is -1.51. The zero-order valence-electron chi connectivity index (χ0n) is 11.7. The van der Waals surface area contributed by atoms with Gasteiger partial charge in [0, 0.05) is 5.69 Å². The fraction of sp³-hybridized carbons (Fsp3) is 0.533. The number of benzene rings is 1. The fourth-order valence-corrected chi connectivity index (χ4v) is 2.03. The average Bonchev–Trinajstić information content (AvgIpc) is 2.36. The number of ether oxygens (including phenoxy) is 1. The van der Waals surface area contributed by atoms with E-state index in [0.717, 1.165) is 5.69 Å². The van der Waals surface area contributed by atoms with Crippen molar-refractivity contribution < 1.29 is 9.53 Å². The van der Waals surface area contributed by atoms with Crippen molar-refractivity contribution in [2.75, 3.05) is 11.9 Å². The fourth-order valence-electron chi connectivity index (χ4n) is 2.03. The maximum Gasteiger partial charge on any atom is 0.331 e. The van der Waals surface area contributed by atoms with Crippen LogP contribution < -0.4 is 5.32 Å². The summed E-state index contributed by atoms with van der Waals surface area (Å²) in [6.45, 7) is 8.29. The number of rotatable bonds is 6. The first-order chi connectivity index (χ1) is 8.57. The van der Waals surface area contributed by atoms with Crippen molar-refractivity contribution >= 4 is 11.7 Å². The monoisotopic (exact) mass is 249 g/mol. The molecule has 0 atom stereocenters. The minimum Gasteiger partial charge on any atom is -0.464 e. The number of hydrogen-bond donors (Lipinski definition) is 1. The molecule has 0 aliphatic carbocycles. The van der Waals surface area contributed by atoms with Crippen LogP contribution in [0.1, 0.15) is 39.2 Å². The van der Waals surface area contributed by atoms with Crippen LogP contribution in [0.2, 0.25) is 0 Å². The predicted octanol–water partition coefficient (Wildman–Crippen LogP) is 3.53. The topological polar surface area (TPSA) is 38.3 Å². The Morgan fingerprint density at radius 3 is 2.44 bits per heavy atom. The van der Waals surface area contributed by atoms with Gasteiger partial charge in [-0.1, -0.05) is 26.0 Å². The molecule has 3 nitrogen and oxygen atoms in total. The molecule has 0 saturated carbocycles. The molecule has 0 saturated heterocycles. The Balaban J connectivity index is 2.95. The van der Waals surface area contributed by atoms with Gasteiger partial charge in [-0.05, 0) is 44.4 Å². The van der Waals surface area contributed by atoms with Gasteiger partial charge in [-0.15, -0.1) is 0 Å². The van der Waals surface area contributed by atoms with E-state index in [1.54, 1.807) is 0 Å². The predicted molar refractivity (Wildman–Crippen MR) is 74.7 cm³/mol. The first-order valence-corrected chi connectivity index (χ1v) is 6.60. The van der Waals surface area contributed by atoms with Gasteiger partial charge >= 0.3 is 5.97 Å². The Bertz CT molecular complexity index is 397. The second kappa shape index (κ2) is 6.43. The molecule has 0 aliphatic heterocycles. The van der Waals surface area contributed by atoms with Gasteiger partial charge in [0.1, 0.15) is 5.54 Å². The number of esters is 1. The van der Waals surface area contributed by atoms with Crippen LogP contribution in [-0.4, -0.2) is 18.1 Å². The lowest BCUT2D eigenvalue weighted by Crippen LogP contribution is -2.46. The highest BCUT2D eigenvalue weighted by Gasteiger charge is 2.36. The molecule has 1 aromatic carbocycles. The molecule has 3 heteroatoms. The second-order valence-corrected chi connectivity index (χ2v) is 4.50. The van der Waals surface area contributed by atoms with Crippen molar-refractivity contribution in [2.24, 2.45) is 0 Å². The van der Waals surface area contributed by atoms with Crippen LogP contribution in [0.3, 0.4) is 0 Å². The molecule has 1 N–H and O–H groups in total. The van der Waals surface area contributed by atoms with Crippen LogP contribution in [-0.2, 0) is 9.53 Å². The second-order valence-electron chi connectivity index (χ2n) is 4.50. The van der Waals surface area contributed by atoms with Crippen molar-refractivity contribution in [3.63, 3.8) is 0 Å². The molecule has 0 aromatic heterocycles. The van der Waals surface area contributed by atoms with Gasteiger partial charge in [-0.3, -0.25) is 0 Å². The molecule has 0 unspecified atom stereocenters. The van der Waals surface area contributed by atoms with Crippen molar-refractivity contribution in [1.29, 1.82) is 0 Å². The molecule has 0 spiro atoms. The summed E-state index contributed by atoms with van der Waals surface area (Å²) < 4.78 is 5.19. The van der Waals surface area contributed by atoms with Crippen molar-refractivity contribution in [3.8, 4) is 0 Å². The zero-order chi connectivity index (χ0) is 13.6. The van der Waals surface area contributed by atoms with Crippen LogP contribution >= 0.6 is 0 Å². The maximum absolute atomic E-state index is 12.1. The summed E-state index contributed by atoms with van der Waals surface area (Å²) in [7, 11) is 0. The van der Waals surface area contributed by atoms with E-state index in [-0.39, 0.29) is 5.97 Å². The molecule has 0 radical (unpaired) electrons. The van der Waals surface area contributed by atoms with E-state index in [9.17, 15) is 4.79 Å². The van der Waals surface area contributed by atoms with Crippen LogP contribution in [0.5, 0.6) is 0 Å². The largest absolute Gasteiger partial charge is 0.464 e. The van der Waals surface area contributed by atoms with Gasteiger partial charge in [-0.25, -0.2) is 4.79 Å². The lowest BCUT2D eigenvalue weighted by atomic mass is 9.92. The summed E-state index contributed by atoms with van der Waals surface area (Å²) >= 11 is 0. The zero-order valence-corrected chi connectivity index (χ0v) is 11.7. The summed E-state index contributed by atoms with van der Waals surface area (Å²) in [5.74, 6) is -0.170. The molecule has 18 heavy (non-hydrogen) atoms. The van der Waals surface area contributed by atoms with Gasteiger partial charge in [-0.2, -0.15) is 0 Å². The van der Waals surface area contributed by atoms with Gasteiger partial charge in [0.25, 0.3) is 0 Å². The third kappa shape index (κ3) is 3.25. The van der Waals surface area contributed by atoms with E-state index in [4.69, 9.17) is 4.74 Å². The number of carbonyl (C=O) groups is 1. The molecule has 0 bridgehead atoms. The highest BCUT2D eigenvalue weighted by atomic mass is 16.5. The molecular formula is C15H23NO2. The maximum atomic E-state index is 12.1. The quantitative estimate of drug-likeness (QED) is 0.784. The third-order valence-electron chi connectivity index (χ3n) is 3.27. The van der Waals surface area contributed by atoms with Crippen LogP contribution in [0.25, 0.3) is 0 Å². The summed E-state index contributed by atoms with van der Waals surface area (Å²) in [5, 5.41) is 3.34. The average molecular weight is 249 g/mol. The SMILES string of the molecule is CCOC(=O)C(CC)(CC)Nc1cccc(C)c1. The molecule has 0 amide bonds.